The van der Waals surface area contributed by atoms with Gasteiger partial charge in [-0.15, -0.1) is 11.6 Å². The normalized spacial score (nSPS) is 46.2. The number of esters is 1. The molecule has 0 radical (unpaired) electrons. The molecule has 5 nitrogen and oxygen atoms in total. The van der Waals surface area contributed by atoms with E-state index in [0.717, 1.165) is 25.7 Å². The molecule has 0 spiro atoms. The summed E-state index contributed by atoms with van der Waals surface area (Å²) in [6.45, 7) is 5.54. The van der Waals surface area contributed by atoms with E-state index in [1.807, 2.05) is 13.0 Å². The quantitative estimate of drug-likeness (QED) is 0.555. The van der Waals surface area contributed by atoms with Crippen LogP contribution in [0.15, 0.2) is 11.6 Å². The van der Waals surface area contributed by atoms with E-state index in [1.165, 1.54) is 12.5 Å². The number of hydrogen-bond donors (Lipinski definition) is 1. The fourth-order valence-corrected chi connectivity index (χ4v) is 7.93. The van der Waals surface area contributed by atoms with Gasteiger partial charge in [-0.1, -0.05) is 19.4 Å². The molecule has 160 valence electrons. The molecule has 6 heteroatoms. The Morgan fingerprint density at radius 1 is 1.24 bits per heavy atom. The van der Waals surface area contributed by atoms with Crippen LogP contribution < -0.4 is 0 Å². The van der Waals surface area contributed by atoms with Gasteiger partial charge in [0.1, 0.15) is 0 Å². The van der Waals surface area contributed by atoms with Crippen molar-refractivity contribution in [3.05, 3.63) is 11.6 Å². The summed E-state index contributed by atoms with van der Waals surface area (Å²) in [7, 11) is 0. The maximum atomic E-state index is 13.0. The van der Waals surface area contributed by atoms with Crippen LogP contribution in [0.5, 0.6) is 0 Å². The lowest BCUT2D eigenvalue weighted by molar-refractivity contribution is -0.198. The Balaban J connectivity index is 1.76. The zero-order valence-electron chi connectivity index (χ0n) is 17.5. The van der Waals surface area contributed by atoms with Crippen LogP contribution >= 0.6 is 11.6 Å². The van der Waals surface area contributed by atoms with Crippen molar-refractivity contribution in [2.45, 2.75) is 77.4 Å². The van der Waals surface area contributed by atoms with Gasteiger partial charge in [0.05, 0.1) is 12.0 Å². The largest absolute Gasteiger partial charge is 0.451 e. The summed E-state index contributed by atoms with van der Waals surface area (Å²) >= 11 is 5.96. The third kappa shape index (κ3) is 2.79. The summed E-state index contributed by atoms with van der Waals surface area (Å²) in [5.41, 5.74) is -0.885. The number of hydrogen-bond acceptors (Lipinski definition) is 5. The number of allylic oxidation sites excluding steroid dienone is 1. The van der Waals surface area contributed by atoms with Crippen molar-refractivity contribution in [2.24, 2.45) is 28.6 Å². The fourth-order valence-electron chi connectivity index (χ4n) is 7.71. The Bertz CT molecular complexity index is 790. The Labute approximate surface area is 177 Å². The van der Waals surface area contributed by atoms with Gasteiger partial charge in [0, 0.05) is 18.8 Å². The first-order valence-electron chi connectivity index (χ1n) is 10.8. The topological polar surface area (TPSA) is 80.7 Å². The van der Waals surface area contributed by atoms with Crippen LogP contribution in [0.1, 0.15) is 65.7 Å². The number of carbonyl (C=O) groups is 3. The summed E-state index contributed by atoms with van der Waals surface area (Å²) in [5, 5.41) is 11.4. The second-order valence-corrected chi connectivity index (χ2v) is 10.4. The van der Waals surface area contributed by atoms with Gasteiger partial charge >= 0.3 is 5.97 Å². The van der Waals surface area contributed by atoms with Gasteiger partial charge in [0.2, 0.25) is 0 Å². The zero-order chi connectivity index (χ0) is 21.2. The Morgan fingerprint density at radius 3 is 2.62 bits per heavy atom. The fraction of sp³-hybridized carbons (Fsp3) is 0.783. The summed E-state index contributed by atoms with van der Waals surface area (Å²) in [6, 6.07) is 0. The lowest BCUT2D eigenvalue weighted by atomic mass is 9.45. The van der Waals surface area contributed by atoms with Crippen LogP contribution in [-0.4, -0.2) is 40.2 Å². The lowest BCUT2D eigenvalue weighted by Gasteiger charge is -2.60. The van der Waals surface area contributed by atoms with E-state index in [2.05, 4.69) is 6.92 Å². The van der Waals surface area contributed by atoms with Gasteiger partial charge in [-0.05, 0) is 67.8 Å². The van der Waals surface area contributed by atoms with E-state index in [-0.39, 0.29) is 40.6 Å². The van der Waals surface area contributed by atoms with Crippen molar-refractivity contribution in [1.29, 1.82) is 0 Å². The molecule has 0 saturated heterocycles. The van der Waals surface area contributed by atoms with E-state index in [1.54, 1.807) is 0 Å². The Hall–Kier alpha value is -1.20. The highest BCUT2D eigenvalue weighted by atomic mass is 35.5. The van der Waals surface area contributed by atoms with Crippen molar-refractivity contribution in [3.63, 3.8) is 0 Å². The second-order valence-electron chi connectivity index (χ2n) is 10.1. The van der Waals surface area contributed by atoms with Gasteiger partial charge in [-0.3, -0.25) is 14.4 Å². The van der Waals surface area contributed by atoms with E-state index in [0.29, 0.717) is 19.3 Å². The molecule has 1 N–H and O–H groups in total. The predicted octanol–water partition coefficient (Wildman–Crippen LogP) is 3.60. The van der Waals surface area contributed by atoms with E-state index in [9.17, 15) is 19.5 Å². The van der Waals surface area contributed by atoms with Gasteiger partial charge in [-0.2, -0.15) is 0 Å². The minimum atomic E-state index is -1.25. The summed E-state index contributed by atoms with van der Waals surface area (Å²) in [4.78, 5) is 36.9. The molecule has 7 atom stereocenters. The second kappa shape index (κ2) is 6.91. The standard InChI is InChI=1S/C23H31ClO5/c1-13(25)29-23(19(28)12-24)9-7-17-16-5-4-14-10-15(26)6-8-21(14,2)20(16)18(27)11-22(17,23)3/h10,16-18,20,27H,4-9,11-12H2,1-3H3/t16-,17-,18?,20+,21-,22-,23-/m0/s1. The number of ether oxygens (including phenoxy) is 1. The van der Waals surface area contributed by atoms with Crippen molar-refractivity contribution < 1.29 is 24.2 Å². The molecule has 0 aromatic heterocycles. The molecule has 29 heavy (non-hydrogen) atoms. The van der Waals surface area contributed by atoms with Crippen LogP contribution in [0.4, 0.5) is 0 Å². The monoisotopic (exact) mass is 422 g/mol. The number of carbonyl (C=O) groups excluding carboxylic acids is 3. The first-order valence-corrected chi connectivity index (χ1v) is 11.3. The highest BCUT2D eigenvalue weighted by molar-refractivity contribution is 6.29. The van der Waals surface area contributed by atoms with Crippen molar-refractivity contribution in [3.8, 4) is 0 Å². The molecule has 4 aliphatic rings. The van der Waals surface area contributed by atoms with Crippen LogP contribution in [0, 0.1) is 28.6 Å². The van der Waals surface area contributed by atoms with E-state index in [4.69, 9.17) is 16.3 Å². The zero-order valence-corrected chi connectivity index (χ0v) is 18.3. The average molecular weight is 423 g/mol. The predicted molar refractivity (Wildman–Crippen MR) is 108 cm³/mol. The highest BCUT2D eigenvalue weighted by Crippen LogP contribution is 2.68. The summed E-state index contributed by atoms with van der Waals surface area (Å²) < 4.78 is 5.76. The van der Waals surface area contributed by atoms with Crippen LogP contribution in [0.25, 0.3) is 0 Å². The smallest absolute Gasteiger partial charge is 0.303 e. The number of fused-ring (bicyclic) bond motifs is 5. The number of alkyl halides is 1. The van der Waals surface area contributed by atoms with Crippen LogP contribution in [-0.2, 0) is 19.1 Å². The van der Waals surface area contributed by atoms with Gasteiger partial charge in [0.25, 0.3) is 0 Å². The third-order valence-corrected chi connectivity index (χ3v) is 9.15. The number of halogens is 1. The van der Waals surface area contributed by atoms with Crippen molar-refractivity contribution >= 4 is 29.1 Å². The molecule has 3 saturated carbocycles. The van der Waals surface area contributed by atoms with Crippen LogP contribution in [0.3, 0.4) is 0 Å². The first-order chi connectivity index (χ1) is 13.6. The molecule has 0 bridgehead atoms. The molecule has 1 unspecified atom stereocenters. The van der Waals surface area contributed by atoms with E-state index < -0.39 is 23.1 Å². The molecule has 3 fully saturated rings. The number of aliphatic hydroxyl groups excluding tert-OH is 1. The van der Waals surface area contributed by atoms with Crippen molar-refractivity contribution in [2.75, 3.05) is 5.88 Å². The number of rotatable bonds is 3. The SMILES string of the molecule is CC(=O)O[C@]1(C(=O)CCl)CC[C@H]2[C@@H]3CCC4=CC(=O)CC[C@]4(C)[C@H]3C(O)C[C@@]21C. The molecule has 0 aromatic carbocycles. The summed E-state index contributed by atoms with van der Waals surface area (Å²) in [5.74, 6) is -0.268. The Kier molecular flexibility index (Phi) is 5.02. The number of Topliss-reactive ketones (excluding diaryl/α,β-unsaturated/α-hetero) is 1. The third-order valence-electron chi connectivity index (χ3n) is 8.91. The molecular weight excluding hydrogens is 392 g/mol. The van der Waals surface area contributed by atoms with Crippen LogP contribution in [0.2, 0.25) is 0 Å². The first kappa shape index (κ1) is 21.0. The molecule has 4 rings (SSSR count). The number of aliphatic hydroxyl groups is 1. The van der Waals surface area contributed by atoms with Gasteiger partial charge < -0.3 is 9.84 Å². The lowest BCUT2D eigenvalue weighted by Crippen LogP contribution is -2.63. The Morgan fingerprint density at radius 2 is 1.97 bits per heavy atom. The van der Waals surface area contributed by atoms with Gasteiger partial charge in [0.15, 0.2) is 17.2 Å². The maximum absolute atomic E-state index is 13.0. The highest BCUT2D eigenvalue weighted by Gasteiger charge is 2.70. The minimum Gasteiger partial charge on any atom is -0.451 e. The van der Waals surface area contributed by atoms with E-state index >= 15 is 0 Å². The maximum Gasteiger partial charge on any atom is 0.303 e. The van der Waals surface area contributed by atoms with Gasteiger partial charge in [-0.25, -0.2) is 0 Å². The minimum absolute atomic E-state index is 0.0629. The van der Waals surface area contributed by atoms with Crippen molar-refractivity contribution in [1.82, 2.24) is 0 Å². The molecular formula is C23H31ClO5. The molecule has 0 aromatic rings. The summed E-state index contributed by atoms with van der Waals surface area (Å²) in [6.07, 6.45) is 5.91. The number of ketones is 2. The average Bonchev–Trinajstić information content (AvgIpc) is 2.93. The molecule has 0 amide bonds. The molecule has 4 aliphatic carbocycles. The molecule has 0 aliphatic heterocycles. The molecule has 0 heterocycles.